The molecular weight excluding hydrogens is 148 g/mol. The van der Waals surface area contributed by atoms with E-state index in [1.54, 1.807) is 0 Å². The second kappa shape index (κ2) is 6.01. The highest BCUT2D eigenvalue weighted by Crippen LogP contribution is 2.21. The first kappa shape index (κ1) is 11.4. The van der Waals surface area contributed by atoms with E-state index in [0.29, 0.717) is 0 Å². The summed E-state index contributed by atoms with van der Waals surface area (Å²) in [4.78, 5) is 0. The highest BCUT2D eigenvalue weighted by atomic mass is 16.3. The van der Waals surface area contributed by atoms with Crippen molar-refractivity contribution in [3.63, 3.8) is 0 Å². The number of aliphatic hydroxyl groups excluding tert-OH is 1. The smallest absolute Gasteiger partial charge is 0.0932 e. The molecule has 0 heterocycles. The zero-order valence-electron chi connectivity index (χ0n) is 8.14. The van der Waals surface area contributed by atoms with E-state index in [4.69, 9.17) is 0 Å². The van der Waals surface area contributed by atoms with Crippen LogP contribution in [0, 0.1) is 5.92 Å². The Labute approximate surface area is 75.8 Å². The Hall–Kier alpha value is -0.560. The molecule has 0 amide bonds. The average molecular weight is 167 g/mol. The van der Waals surface area contributed by atoms with Crippen LogP contribution in [0.3, 0.4) is 0 Å². The van der Waals surface area contributed by atoms with Gasteiger partial charge in [0.05, 0.1) is 6.10 Å². The van der Waals surface area contributed by atoms with E-state index < -0.39 is 6.10 Å². The van der Waals surface area contributed by atoms with E-state index in [1.165, 1.54) is 18.4 Å². The molecule has 0 aliphatic rings. The minimum absolute atomic E-state index is 0.568. The van der Waals surface area contributed by atoms with E-state index in [-0.39, 0.29) is 0 Å². The van der Waals surface area contributed by atoms with Gasteiger partial charge in [-0.05, 0) is 12.0 Å². The monoisotopic (exact) mass is 167 g/mol. The number of rotatable bonds is 6. The summed E-state index contributed by atoms with van der Waals surface area (Å²) in [6.45, 7) is 11.5. The van der Waals surface area contributed by atoms with Gasteiger partial charge < -0.3 is 5.11 Å². The Balaban J connectivity index is 3.83. The van der Waals surface area contributed by atoms with E-state index in [9.17, 15) is 5.11 Å². The predicted octanol–water partition coefficient (Wildman–Crippen LogP) is 2.87. The highest BCUT2D eigenvalue weighted by Gasteiger charge is 2.11. The lowest BCUT2D eigenvalue weighted by molar-refractivity contribution is 0.258. The van der Waals surface area contributed by atoms with Crippen molar-refractivity contribution in [2.24, 2.45) is 0 Å². The predicted molar refractivity (Wildman–Crippen MR) is 53.8 cm³/mol. The normalized spacial score (nSPS) is 13.0. The van der Waals surface area contributed by atoms with Crippen LogP contribution in [-0.2, 0) is 0 Å². The third-order valence-electron chi connectivity index (χ3n) is 2.03. The quantitative estimate of drug-likeness (QED) is 0.603. The maximum atomic E-state index is 9.36. The number of hydrogen-bond acceptors (Lipinski definition) is 1. The zero-order valence-corrected chi connectivity index (χ0v) is 8.14. The van der Waals surface area contributed by atoms with Crippen LogP contribution >= 0.6 is 0 Å². The topological polar surface area (TPSA) is 20.2 Å². The minimum atomic E-state index is -0.568. The van der Waals surface area contributed by atoms with Gasteiger partial charge in [0.1, 0.15) is 0 Å². The summed E-state index contributed by atoms with van der Waals surface area (Å²) >= 11 is 0. The first-order chi connectivity index (χ1) is 5.63. The molecule has 0 aromatic heterocycles. The van der Waals surface area contributed by atoms with Gasteiger partial charge in [0.25, 0.3) is 0 Å². The Bertz CT molecular complexity index is 149. The Morgan fingerprint density at radius 3 is 2.58 bits per heavy atom. The molecule has 1 radical (unpaired) electrons. The second-order valence-corrected chi connectivity index (χ2v) is 3.09. The van der Waals surface area contributed by atoms with Crippen LogP contribution in [0.2, 0.25) is 0 Å². The summed E-state index contributed by atoms with van der Waals surface area (Å²) in [5, 5.41) is 9.36. The number of unbranched alkanes of at least 4 members (excludes halogenated alkanes) is 1. The maximum absolute atomic E-state index is 9.36. The lowest BCUT2D eigenvalue weighted by Crippen LogP contribution is -2.10. The van der Waals surface area contributed by atoms with Gasteiger partial charge in [0.15, 0.2) is 0 Å². The second-order valence-electron chi connectivity index (χ2n) is 3.09. The third kappa shape index (κ3) is 3.72. The van der Waals surface area contributed by atoms with E-state index in [0.717, 1.165) is 18.4 Å². The zero-order chi connectivity index (χ0) is 9.56. The molecule has 0 aromatic carbocycles. The Morgan fingerprint density at radius 2 is 2.17 bits per heavy atom. The molecule has 69 valence electrons. The van der Waals surface area contributed by atoms with Crippen LogP contribution in [0.5, 0.6) is 0 Å². The number of aliphatic hydroxyl groups is 1. The van der Waals surface area contributed by atoms with E-state index in [2.05, 4.69) is 20.1 Å². The van der Waals surface area contributed by atoms with Crippen LogP contribution in [0.15, 0.2) is 24.8 Å². The lowest BCUT2D eigenvalue weighted by Gasteiger charge is -2.16. The average Bonchev–Trinajstić information content (AvgIpc) is 2.11. The Morgan fingerprint density at radius 1 is 1.58 bits per heavy atom. The van der Waals surface area contributed by atoms with E-state index in [1.807, 2.05) is 6.92 Å². The number of hydrogen-bond donors (Lipinski definition) is 1. The molecule has 0 aliphatic carbocycles. The summed E-state index contributed by atoms with van der Waals surface area (Å²) in [5.74, 6) is 1.18. The van der Waals surface area contributed by atoms with Gasteiger partial charge in [0, 0.05) is 5.92 Å². The summed E-state index contributed by atoms with van der Waals surface area (Å²) in [5.41, 5.74) is 0.804. The molecule has 0 aliphatic heterocycles. The highest BCUT2D eigenvalue weighted by molar-refractivity contribution is 5.25. The molecular formula is C11H19O. The molecule has 1 nitrogen and oxygen atoms in total. The van der Waals surface area contributed by atoms with Gasteiger partial charge in [0.2, 0.25) is 0 Å². The van der Waals surface area contributed by atoms with Gasteiger partial charge in [-0.2, -0.15) is 0 Å². The molecule has 1 N–H and O–H groups in total. The van der Waals surface area contributed by atoms with Crippen molar-refractivity contribution in [2.75, 3.05) is 0 Å². The molecule has 0 fully saturated rings. The fourth-order valence-electron chi connectivity index (χ4n) is 0.997. The van der Waals surface area contributed by atoms with Crippen LogP contribution in [0.1, 0.15) is 33.1 Å². The standard InChI is InChI=1S/C11H19O/c1-5-7-8-9(3)10(4)11(12)6-2/h6,11-12H,2,4-5,7-8H2,1,3H3. The molecule has 0 spiro atoms. The van der Waals surface area contributed by atoms with Crippen molar-refractivity contribution < 1.29 is 5.11 Å². The van der Waals surface area contributed by atoms with Crippen molar-refractivity contribution in [1.82, 2.24) is 0 Å². The van der Waals surface area contributed by atoms with Crippen LogP contribution < -0.4 is 0 Å². The molecule has 1 unspecified atom stereocenters. The molecule has 0 aromatic rings. The summed E-state index contributed by atoms with van der Waals surface area (Å²) in [6.07, 6.45) is 4.31. The molecule has 12 heavy (non-hydrogen) atoms. The largest absolute Gasteiger partial charge is 0.385 e. The van der Waals surface area contributed by atoms with Crippen LogP contribution in [-0.4, -0.2) is 11.2 Å². The molecule has 0 saturated carbocycles. The van der Waals surface area contributed by atoms with Crippen molar-refractivity contribution in [3.05, 3.63) is 30.7 Å². The third-order valence-corrected chi connectivity index (χ3v) is 2.03. The van der Waals surface area contributed by atoms with Gasteiger partial charge in [-0.25, -0.2) is 0 Å². The van der Waals surface area contributed by atoms with Gasteiger partial charge >= 0.3 is 0 Å². The van der Waals surface area contributed by atoms with E-state index >= 15 is 0 Å². The molecule has 0 rings (SSSR count). The first-order valence-electron chi connectivity index (χ1n) is 4.45. The Kier molecular flexibility index (Phi) is 5.73. The minimum Gasteiger partial charge on any atom is -0.385 e. The summed E-state index contributed by atoms with van der Waals surface area (Å²) < 4.78 is 0. The lowest BCUT2D eigenvalue weighted by atomic mass is 9.93. The molecule has 1 heteroatoms. The SMILES string of the molecule is C=CC(O)C(=C)[C](C)CCCC. The summed E-state index contributed by atoms with van der Waals surface area (Å²) in [6, 6.07) is 0. The van der Waals surface area contributed by atoms with Crippen molar-refractivity contribution in [1.29, 1.82) is 0 Å². The molecule has 1 atom stereocenters. The van der Waals surface area contributed by atoms with Crippen molar-refractivity contribution in [3.8, 4) is 0 Å². The van der Waals surface area contributed by atoms with Gasteiger partial charge in [-0.15, -0.1) is 6.58 Å². The van der Waals surface area contributed by atoms with Crippen molar-refractivity contribution >= 4 is 0 Å². The van der Waals surface area contributed by atoms with Crippen molar-refractivity contribution in [2.45, 2.75) is 39.2 Å². The van der Waals surface area contributed by atoms with Gasteiger partial charge in [-0.1, -0.05) is 39.3 Å². The fraction of sp³-hybridized carbons (Fsp3) is 0.545. The molecule has 0 bridgehead atoms. The fourth-order valence-corrected chi connectivity index (χ4v) is 0.997. The maximum Gasteiger partial charge on any atom is 0.0932 e. The first-order valence-corrected chi connectivity index (χ1v) is 4.45. The van der Waals surface area contributed by atoms with Crippen LogP contribution in [0.25, 0.3) is 0 Å². The van der Waals surface area contributed by atoms with Gasteiger partial charge in [-0.3, -0.25) is 0 Å². The summed E-state index contributed by atoms with van der Waals surface area (Å²) in [7, 11) is 0. The molecule has 0 saturated heterocycles. The van der Waals surface area contributed by atoms with Crippen LogP contribution in [0.4, 0.5) is 0 Å².